The van der Waals surface area contributed by atoms with Gasteiger partial charge in [0.1, 0.15) is 0 Å². The zero-order chi connectivity index (χ0) is 17.8. The maximum Gasteiger partial charge on any atom is 0.251 e. The van der Waals surface area contributed by atoms with E-state index in [2.05, 4.69) is 0 Å². The number of nitrogens with zero attached hydrogens (tertiary/aromatic N) is 2. The Morgan fingerprint density at radius 1 is 1.12 bits per heavy atom. The van der Waals surface area contributed by atoms with Crippen molar-refractivity contribution < 1.29 is 14.4 Å². The first kappa shape index (κ1) is 17.2. The van der Waals surface area contributed by atoms with Crippen LogP contribution in [0.5, 0.6) is 0 Å². The first-order valence-corrected chi connectivity index (χ1v) is 8.48. The summed E-state index contributed by atoms with van der Waals surface area (Å²) >= 11 is 0. The fourth-order valence-corrected chi connectivity index (χ4v) is 2.99. The standard InChI is InChI=1S/C19H23N3O3/c1-21(25-13-19(24)22-8-2-3-9-22)18(23)10-14-4-6-15-11-17(20)12-16(15)7-5-14/h4-7,11-12H,2-3,8-10,13,20H2,1H3. The summed E-state index contributed by atoms with van der Waals surface area (Å²) in [5.41, 5.74) is 9.47. The number of hydrogen-bond donors (Lipinski definition) is 1. The van der Waals surface area contributed by atoms with Gasteiger partial charge >= 0.3 is 0 Å². The van der Waals surface area contributed by atoms with E-state index in [-0.39, 0.29) is 24.8 Å². The molecule has 3 aliphatic rings. The number of likely N-dealkylation sites (tertiary alicyclic amines) is 1. The summed E-state index contributed by atoms with van der Waals surface area (Å²) in [5.74, 6) is -0.265. The van der Waals surface area contributed by atoms with Gasteiger partial charge in [0.2, 0.25) is 5.91 Å². The number of likely N-dealkylation sites (N-methyl/N-ethyl adjacent to an activating group) is 1. The first-order valence-electron chi connectivity index (χ1n) is 8.48. The smallest absolute Gasteiger partial charge is 0.251 e. The van der Waals surface area contributed by atoms with Crippen LogP contribution in [0.15, 0.2) is 36.4 Å². The maximum atomic E-state index is 12.3. The first-order chi connectivity index (χ1) is 12.0. The van der Waals surface area contributed by atoms with Gasteiger partial charge in [-0.25, -0.2) is 5.06 Å². The number of anilines is 1. The van der Waals surface area contributed by atoms with Crippen LogP contribution in [0.3, 0.4) is 0 Å². The van der Waals surface area contributed by atoms with Gasteiger partial charge in [-0.05, 0) is 41.7 Å². The van der Waals surface area contributed by atoms with Gasteiger partial charge in [-0.15, -0.1) is 0 Å². The van der Waals surface area contributed by atoms with Gasteiger partial charge in [0.15, 0.2) is 6.61 Å². The SMILES string of the molecule is CN(OCC(=O)N1CCCC1)C(=O)Cc1ccc2cc(N)cc-2cc1. The van der Waals surface area contributed by atoms with Crippen molar-refractivity contribution in [3.8, 4) is 11.1 Å². The summed E-state index contributed by atoms with van der Waals surface area (Å²) in [6, 6.07) is 11.5. The highest BCUT2D eigenvalue weighted by Crippen LogP contribution is 2.26. The molecule has 0 saturated carbocycles. The van der Waals surface area contributed by atoms with Crippen LogP contribution in [0.4, 0.5) is 5.69 Å². The third-order valence-corrected chi connectivity index (χ3v) is 4.48. The minimum Gasteiger partial charge on any atom is -0.399 e. The molecule has 2 aliphatic carbocycles. The number of nitrogen functional groups attached to an aromatic ring is 1. The predicted molar refractivity (Wildman–Crippen MR) is 95.7 cm³/mol. The van der Waals surface area contributed by atoms with Crippen LogP contribution in [-0.2, 0) is 20.8 Å². The molecule has 2 amide bonds. The Labute approximate surface area is 147 Å². The summed E-state index contributed by atoms with van der Waals surface area (Å²) in [6.45, 7) is 1.46. The number of carbonyl (C=O) groups excluding carboxylic acids is 2. The quantitative estimate of drug-likeness (QED) is 0.843. The zero-order valence-electron chi connectivity index (χ0n) is 14.4. The summed E-state index contributed by atoms with van der Waals surface area (Å²) in [6.07, 6.45) is 2.28. The van der Waals surface area contributed by atoms with Crippen molar-refractivity contribution in [3.05, 3.63) is 42.0 Å². The van der Waals surface area contributed by atoms with E-state index >= 15 is 0 Å². The monoisotopic (exact) mass is 341 g/mol. The molecule has 25 heavy (non-hydrogen) atoms. The van der Waals surface area contributed by atoms with E-state index in [1.54, 1.807) is 11.9 Å². The lowest BCUT2D eigenvalue weighted by atomic mass is 10.2. The highest BCUT2D eigenvalue weighted by Gasteiger charge is 2.19. The number of nitrogens with two attached hydrogens (primary N) is 1. The van der Waals surface area contributed by atoms with Crippen LogP contribution < -0.4 is 5.73 Å². The van der Waals surface area contributed by atoms with Crippen molar-refractivity contribution in [2.24, 2.45) is 0 Å². The van der Waals surface area contributed by atoms with E-state index in [9.17, 15) is 9.59 Å². The van der Waals surface area contributed by atoms with E-state index < -0.39 is 0 Å². The molecule has 1 heterocycles. The van der Waals surface area contributed by atoms with Gasteiger partial charge in [0.25, 0.3) is 5.91 Å². The molecule has 2 N–H and O–H groups in total. The van der Waals surface area contributed by atoms with Crippen molar-refractivity contribution in [2.75, 3.05) is 32.5 Å². The van der Waals surface area contributed by atoms with Crippen LogP contribution in [0.1, 0.15) is 18.4 Å². The summed E-state index contributed by atoms with van der Waals surface area (Å²) in [7, 11) is 1.54. The topological polar surface area (TPSA) is 75.9 Å². The van der Waals surface area contributed by atoms with E-state index in [0.717, 1.165) is 53.4 Å². The predicted octanol–water partition coefficient (Wildman–Crippen LogP) is 1.93. The van der Waals surface area contributed by atoms with Gasteiger partial charge in [-0.1, -0.05) is 24.3 Å². The molecule has 1 saturated heterocycles. The molecule has 6 nitrogen and oxygen atoms in total. The fourth-order valence-electron chi connectivity index (χ4n) is 2.99. The highest BCUT2D eigenvalue weighted by atomic mass is 16.7. The second kappa shape index (κ2) is 7.53. The van der Waals surface area contributed by atoms with Gasteiger partial charge in [-0.2, -0.15) is 0 Å². The number of amides is 2. The van der Waals surface area contributed by atoms with Gasteiger partial charge in [-0.3, -0.25) is 14.4 Å². The number of rotatable bonds is 5. The lowest BCUT2D eigenvalue weighted by Crippen LogP contribution is -2.36. The van der Waals surface area contributed by atoms with Crippen LogP contribution in [-0.4, -0.2) is 48.5 Å². The summed E-state index contributed by atoms with van der Waals surface area (Å²) in [4.78, 5) is 31.3. The van der Waals surface area contributed by atoms with Crippen molar-refractivity contribution in [2.45, 2.75) is 19.3 Å². The fraction of sp³-hybridized carbons (Fsp3) is 0.368. The van der Waals surface area contributed by atoms with E-state index in [4.69, 9.17) is 10.6 Å². The van der Waals surface area contributed by atoms with Crippen molar-refractivity contribution in [3.63, 3.8) is 0 Å². The molecule has 0 spiro atoms. The molecule has 0 bridgehead atoms. The second-order valence-corrected chi connectivity index (χ2v) is 6.37. The van der Waals surface area contributed by atoms with Gasteiger partial charge < -0.3 is 10.6 Å². The molecule has 0 atom stereocenters. The van der Waals surface area contributed by atoms with Crippen molar-refractivity contribution in [1.29, 1.82) is 0 Å². The lowest BCUT2D eigenvalue weighted by molar-refractivity contribution is -0.182. The maximum absolute atomic E-state index is 12.3. The molecule has 0 aromatic carbocycles. The molecule has 0 aromatic heterocycles. The van der Waals surface area contributed by atoms with E-state index in [0.29, 0.717) is 0 Å². The van der Waals surface area contributed by atoms with E-state index in [1.165, 1.54) is 0 Å². The van der Waals surface area contributed by atoms with Crippen LogP contribution in [0.2, 0.25) is 0 Å². The van der Waals surface area contributed by atoms with Gasteiger partial charge in [0.05, 0.1) is 6.42 Å². The van der Waals surface area contributed by atoms with Crippen LogP contribution >= 0.6 is 0 Å². The minimum atomic E-state index is -0.195. The Morgan fingerprint density at radius 3 is 2.32 bits per heavy atom. The minimum absolute atomic E-state index is 0.0698. The second-order valence-electron chi connectivity index (χ2n) is 6.37. The molecule has 3 rings (SSSR count). The Hall–Kier alpha value is -2.60. The molecule has 6 heteroatoms. The Morgan fingerprint density at radius 2 is 1.72 bits per heavy atom. The Balaban J connectivity index is 1.55. The largest absolute Gasteiger partial charge is 0.399 e. The van der Waals surface area contributed by atoms with Crippen LogP contribution in [0, 0.1) is 0 Å². The summed E-state index contributed by atoms with van der Waals surface area (Å²) < 4.78 is 0. The molecule has 0 aromatic rings. The van der Waals surface area contributed by atoms with Gasteiger partial charge in [0, 0.05) is 25.8 Å². The van der Waals surface area contributed by atoms with Crippen molar-refractivity contribution in [1.82, 2.24) is 9.96 Å². The average molecular weight is 341 g/mol. The number of hydrogen-bond acceptors (Lipinski definition) is 4. The van der Waals surface area contributed by atoms with Crippen molar-refractivity contribution >= 4 is 17.5 Å². The lowest BCUT2D eigenvalue weighted by Gasteiger charge is -2.19. The molecular weight excluding hydrogens is 318 g/mol. The molecule has 1 aliphatic heterocycles. The summed E-state index contributed by atoms with van der Waals surface area (Å²) in [5, 5.41) is 1.15. The Kier molecular flexibility index (Phi) is 5.19. The number of carbonyl (C=O) groups is 2. The zero-order valence-corrected chi connectivity index (χ0v) is 14.4. The molecular formula is C19H23N3O3. The molecule has 0 unspecified atom stereocenters. The Bertz CT molecular complexity index is 707. The van der Waals surface area contributed by atoms with E-state index in [1.807, 2.05) is 36.4 Å². The average Bonchev–Trinajstić information content (AvgIpc) is 3.21. The molecule has 0 radical (unpaired) electrons. The highest BCUT2D eigenvalue weighted by molar-refractivity contribution is 5.80. The third-order valence-electron chi connectivity index (χ3n) is 4.48. The third kappa shape index (κ3) is 4.28. The van der Waals surface area contributed by atoms with Crippen LogP contribution in [0.25, 0.3) is 11.1 Å². The number of hydroxylamine groups is 2. The molecule has 1 fully saturated rings. The normalized spacial score (nSPS) is 14.0. The molecule has 132 valence electrons. The number of fused-ring (bicyclic) bond motifs is 1.